The summed E-state index contributed by atoms with van der Waals surface area (Å²) in [6.45, 7) is 0.430. The third-order valence-corrected chi connectivity index (χ3v) is 7.49. The fourth-order valence-corrected chi connectivity index (χ4v) is 6.11. The predicted molar refractivity (Wildman–Crippen MR) is 96.5 cm³/mol. The molecule has 25 heavy (non-hydrogen) atoms. The van der Waals surface area contributed by atoms with Gasteiger partial charge in [-0.05, 0) is 43.2 Å². The van der Waals surface area contributed by atoms with Crippen LogP contribution in [0.5, 0.6) is 0 Å². The van der Waals surface area contributed by atoms with Crippen LogP contribution in [0.3, 0.4) is 0 Å². The zero-order valence-corrected chi connectivity index (χ0v) is 15.1. The zero-order valence-electron chi connectivity index (χ0n) is 13.4. The molecule has 130 valence electrons. The topological polar surface area (TPSA) is 50.3 Å². The van der Waals surface area contributed by atoms with Gasteiger partial charge in [0.15, 0.2) is 0 Å². The number of hydrogen-bond acceptors (Lipinski definition) is 4. The van der Waals surface area contributed by atoms with Gasteiger partial charge in [-0.3, -0.25) is 0 Å². The number of rotatable bonds is 3. The van der Waals surface area contributed by atoms with Crippen molar-refractivity contribution in [2.24, 2.45) is 0 Å². The average Bonchev–Trinajstić information content (AvgIpc) is 3.06. The molecule has 4 nitrogen and oxygen atoms in total. The maximum absolute atomic E-state index is 13.5. The van der Waals surface area contributed by atoms with Crippen LogP contribution in [0, 0.1) is 5.82 Å². The molecule has 0 N–H and O–H groups in total. The van der Waals surface area contributed by atoms with Gasteiger partial charge in [0.1, 0.15) is 10.8 Å². The van der Waals surface area contributed by atoms with E-state index in [-0.39, 0.29) is 10.9 Å². The second kappa shape index (κ2) is 6.48. The molecule has 2 aromatic carbocycles. The zero-order chi connectivity index (χ0) is 17.4. The lowest BCUT2D eigenvalue weighted by atomic mass is 10.1. The van der Waals surface area contributed by atoms with Gasteiger partial charge in [-0.25, -0.2) is 17.8 Å². The molecule has 1 aliphatic heterocycles. The Kier molecular flexibility index (Phi) is 4.31. The number of sulfonamides is 1. The van der Waals surface area contributed by atoms with Crippen molar-refractivity contribution in [2.45, 2.75) is 30.2 Å². The molecule has 0 bridgehead atoms. The summed E-state index contributed by atoms with van der Waals surface area (Å²) in [4.78, 5) is 4.65. The van der Waals surface area contributed by atoms with Crippen molar-refractivity contribution in [3.05, 3.63) is 59.4 Å². The lowest BCUT2D eigenvalue weighted by Crippen LogP contribution is -2.38. The molecule has 0 amide bonds. The Bertz CT molecular complexity index is 984. The predicted octanol–water partition coefficient (Wildman–Crippen LogP) is 4.35. The fourth-order valence-electron chi connectivity index (χ4n) is 3.23. The summed E-state index contributed by atoms with van der Waals surface area (Å²) < 4.78 is 42.2. The summed E-state index contributed by atoms with van der Waals surface area (Å²) >= 11 is 1.53. The molecule has 1 aromatic heterocycles. The Morgan fingerprint density at radius 2 is 1.96 bits per heavy atom. The maximum atomic E-state index is 13.5. The summed E-state index contributed by atoms with van der Waals surface area (Å²) in [6.07, 6.45) is 2.49. The van der Waals surface area contributed by atoms with E-state index in [2.05, 4.69) is 4.98 Å². The van der Waals surface area contributed by atoms with Gasteiger partial charge in [-0.15, -0.1) is 11.3 Å². The number of fused-ring (bicyclic) bond motifs is 1. The Morgan fingerprint density at radius 3 is 2.76 bits per heavy atom. The number of nitrogens with zero attached hydrogens (tertiary/aromatic N) is 2. The van der Waals surface area contributed by atoms with Crippen LogP contribution < -0.4 is 0 Å². The van der Waals surface area contributed by atoms with E-state index in [1.807, 2.05) is 24.3 Å². The van der Waals surface area contributed by atoms with Crippen molar-refractivity contribution < 1.29 is 12.8 Å². The SMILES string of the molecule is O=S(=O)(c1cccc(F)c1)N1CCCC[C@H]1c1nc2ccccc2s1. The highest BCUT2D eigenvalue weighted by molar-refractivity contribution is 7.89. The minimum atomic E-state index is -3.76. The van der Waals surface area contributed by atoms with E-state index in [1.54, 1.807) is 0 Å². The van der Waals surface area contributed by atoms with Gasteiger partial charge < -0.3 is 0 Å². The summed E-state index contributed by atoms with van der Waals surface area (Å²) in [5.74, 6) is -0.547. The molecular weight excluding hydrogens is 359 g/mol. The summed E-state index contributed by atoms with van der Waals surface area (Å²) in [7, 11) is -3.76. The van der Waals surface area contributed by atoms with Crippen molar-refractivity contribution >= 4 is 31.6 Å². The molecule has 0 unspecified atom stereocenters. The highest BCUT2D eigenvalue weighted by Gasteiger charge is 2.36. The van der Waals surface area contributed by atoms with Gasteiger partial charge in [0, 0.05) is 6.54 Å². The molecule has 0 aliphatic carbocycles. The molecule has 1 fully saturated rings. The molecule has 7 heteroatoms. The number of piperidine rings is 1. The largest absolute Gasteiger partial charge is 0.243 e. The highest BCUT2D eigenvalue weighted by Crippen LogP contribution is 2.38. The van der Waals surface area contributed by atoms with Crippen molar-refractivity contribution in [3.8, 4) is 0 Å². The van der Waals surface area contributed by atoms with Crippen LogP contribution >= 0.6 is 11.3 Å². The van der Waals surface area contributed by atoms with Crippen LogP contribution in [0.15, 0.2) is 53.4 Å². The number of benzene rings is 2. The Hall–Kier alpha value is -1.83. The van der Waals surface area contributed by atoms with Crippen LogP contribution in [-0.4, -0.2) is 24.3 Å². The maximum Gasteiger partial charge on any atom is 0.243 e. The second-order valence-electron chi connectivity index (χ2n) is 6.10. The van der Waals surface area contributed by atoms with Crippen LogP contribution in [0.25, 0.3) is 10.2 Å². The van der Waals surface area contributed by atoms with E-state index >= 15 is 0 Å². The van der Waals surface area contributed by atoms with Gasteiger partial charge in [-0.1, -0.05) is 24.6 Å². The van der Waals surface area contributed by atoms with E-state index < -0.39 is 15.8 Å². The average molecular weight is 376 g/mol. The molecule has 0 saturated carbocycles. The molecule has 4 rings (SSSR count). The summed E-state index contributed by atoms with van der Waals surface area (Å²) in [5.41, 5.74) is 0.885. The summed E-state index contributed by atoms with van der Waals surface area (Å²) in [5, 5.41) is 0.806. The standard InChI is InChI=1S/C18H17FN2O2S2/c19-13-6-5-7-14(12-13)25(22,23)21-11-4-3-9-16(21)18-20-15-8-1-2-10-17(15)24-18/h1-2,5-8,10,12,16H,3-4,9,11H2/t16-/m0/s1. The van der Waals surface area contributed by atoms with E-state index in [0.29, 0.717) is 6.54 Å². The second-order valence-corrected chi connectivity index (χ2v) is 9.06. The first-order chi connectivity index (χ1) is 12.1. The van der Waals surface area contributed by atoms with Crippen molar-refractivity contribution in [2.75, 3.05) is 6.54 Å². The van der Waals surface area contributed by atoms with Crippen LogP contribution in [0.2, 0.25) is 0 Å². The minimum absolute atomic E-state index is 0.000473. The van der Waals surface area contributed by atoms with Crippen LogP contribution in [-0.2, 0) is 10.0 Å². The lowest BCUT2D eigenvalue weighted by molar-refractivity contribution is 0.255. The van der Waals surface area contributed by atoms with Crippen molar-refractivity contribution in [3.63, 3.8) is 0 Å². The Labute approximate surface area is 150 Å². The summed E-state index contributed by atoms with van der Waals surface area (Å²) in [6, 6.07) is 12.7. The molecule has 3 aromatic rings. The number of aromatic nitrogens is 1. The van der Waals surface area contributed by atoms with Crippen LogP contribution in [0.4, 0.5) is 4.39 Å². The molecule has 0 radical (unpaired) electrons. The van der Waals surface area contributed by atoms with Gasteiger partial charge in [0.05, 0.1) is 21.2 Å². The third-order valence-electron chi connectivity index (χ3n) is 4.45. The van der Waals surface area contributed by atoms with Gasteiger partial charge in [0.25, 0.3) is 0 Å². The van der Waals surface area contributed by atoms with E-state index in [4.69, 9.17) is 0 Å². The molecule has 1 atom stereocenters. The third kappa shape index (κ3) is 3.07. The first-order valence-corrected chi connectivity index (χ1v) is 10.4. The number of para-hydroxylation sites is 1. The van der Waals surface area contributed by atoms with Crippen molar-refractivity contribution in [1.82, 2.24) is 9.29 Å². The molecule has 2 heterocycles. The van der Waals surface area contributed by atoms with Crippen molar-refractivity contribution in [1.29, 1.82) is 0 Å². The Morgan fingerprint density at radius 1 is 1.12 bits per heavy atom. The molecule has 0 spiro atoms. The minimum Gasteiger partial charge on any atom is -0.239 e. The number of hydrogen-bond donors (Lipinski definition) is 0. The fraction of sp³-hybridized carbons (Fsp3) is 0.278. The smallest absolute Gasteiger partial charge is 0.239 e. The normalized spacial score (nSPS) is 19.3. The van der Waals surface area contributed by atoms with Gasteiger partial charge in [-0.2, -0.15) is 4.31 Å². The monoisotopic (exact) mass is 376 g/mol. The molecule has 1 saturated heterocycles. The van der Waals surface area contributed by atoms with E-state index in [1.165, 1.54) is 33.8 Å². The van der Waals surface area contributed by atoms with E-state index in [9.17, 15) is 12.8 Å². The number of halogens is 1. The van der Waals surface area contributed by atoms with Gasteiger partial charge >= 0.3 is 0 Å². The number of thiazole rings is 1. The molecular formula is C18H17FN2O2S2. The quantitative estimate of drug-likeness (QED) is 0.683. The van der Waals surface area contributed by atoms with Gasteiger partial charge in [0.2, 0.25) is 10.0 Å². The Balaban J connectivity index is 1.76. The van der Waals surface area contributed by atoms with Crippen LogP contribution in [0.1, 0.15) is 30.3 Å². The van der Waals surface area contributed by atoms with E-state index in [0.717, 1.165) is 40.6 Å². The lowest BCUT2D eigenvalue weighted by Gasteiger charge is -2.33. The highest BCUT2D eigenvalue weighted by atomic mass is 32.2. The first kappa shape index (κ1) is 16.6. The first-order valence-electron chi connectivity index (χ1n) is 8.18. The molecule has 1 aliphatic rings.